The second kappa shape index (κ2) is 5.14. The minimum absolute atomic E-state index is 0.241. The Morgan fingerprint density at radius 1 is 1.22 bits per heavy atom. The molecule has 120 valence electrons. The van der Waals surface area contributed by atoms with Gasteiger partial charge in [-0.2, -0.15) is 0 Å². The van der Waals surface area contributed by atoms with Crippen molar-refractivity contribution in [3.8, 4) is 17.2 Å². The van der Waals surface area contributed by atoms with Crippen molar-refractivity contribution in [2.24, 2.45) is 5.92 Å². The molecule has 1 fully saturated rings. The summed E-state index contributed by atoms with van der Waals surface area (Å²) in [6, 6.07) is 6.43. The van der Waals surface area contributed by atoms with Crippen molar-refractivity contribution in [1.29, 1.82) is 0 Å². The Morgan fingerprint density at radius 2 is 2.04 bits per heavy atom. The van der Waals surface area contributed by atoms with Gasteiger partial charge < -0.3 is 14.6 Å². The van der Waals surface area contributed by atoms with Crippen LogP contribution < -0.4 is 9.47 Å². The quantitative estimate of drug-likeness (QED) is 0.932. The summed E-state index contributed by atoms with van der Waals surface area (Å²) < 4.78 is 10.8. The molecule has 3 aliphatic rings. The maximum absolute atomic E-state index is 10.3. The van der Waals surface area contributed by atoms with Gasteiger partial charge in [0.05, 0.1) is 0 Å². The van der Waals surface area contributed by atoms with Crippen molar-refractivity contribution in [2.45, 2.75) is 31.8 Å². The van der Waals surface area contributed by atoms with Crippen LogP contribution in [0.4, 0.5) is 0 Å². The van der Waals surface area contributed by atoms with E-state index in [1.807, 2.05) is 17.4 Å². The molecule has 1 aromatic heterocycles. The molecule has 2 aliphatic heterocycles. The fourth-order valence-corrected chi connectivity index (χ4v) is 4.77. The highest BCUT2D eigenvalue weighted by Gasteiger charge is 2.40. The predicted octanol–water partition coefficient (Wildman–Crippen LogP) is 3.69. The van der Waals surface area contributed by atoms with Gasteiger partial charge in [0.1, 0.15) is 5.75 Å². The fourth-order valence-electron chi connectivity index (χ4n) is 3.86. The lowest BCUT2D eigenvalue weighted by Crippen LogP contribution is -2.35. The Morgan fingerprint density at radius 3 is 2.87 bits per heavy atom. The minimum Gasteiger partial charge on any atom is -0.507 e. The van der Waals surface area contributed by atoms with Gasteiger partial charge in [0.2, 0.25) is 6.79 Å². The summed E-state index contributed by atoms with van der Waals surface area (Å²) in [5.74, 6) is 2.47. The minimum atomic E-state index is 0.241. The van der Waals surface area contributed by atoms with Gasteiger partial charge in [-0.25, -0.2) is 0 Å². The Kier molecular flexibility index (Phi) is 3.06. The summed E-state index contributed by atoms with van der Waals surface area (Å²) in [6.45, 7) is 2.06. The van der Waals surface area contributed by atoms with Gasteiger partial charge in [-0.3, -0.25) is 4.90 Å². The number of ether oxygens (including phenoxy) is 2. The van der Waals surface area contributed by atoms with E-state index in [9.17, 15) is 5.11 Å². The third kappa shape index (κ3) is 2.30. The van der Waals surface area contributed by atoms with Gasteiger partial charge in [0.25, 0.3) is 0 Å². The van der Waals surface area contributed by atoms with Gasteiger partial charge in [-0.15, -0.1) is 11.3 Å². The van der Waals surface area contributed by atoms with E-state index in [1.165, 1.54) is 18.4 Å². The third-order valence-electron chi connectivity index (χ3n) is 5.13. The van der Waals surface area contributed by atoms with E-state index in [0.717, 1.165) is 36.7 Å². The molecule has 1 N–H and O–H groups in total. The van der Waals surface area contributed by atoms with Crippen LogP contribution in [0.1, 0.15) is 34.9 Å². The average molecular weight is 329 g/mol. The van der Waals surface area contributed by atoms with Crippen LogP contribution in [0.2, 0.25) is 0 Å². The number of nitrogens with zero attached hydrogens (tertiary/aromatic N) is 1. The maximum Gasteiger partial charge on any atom is 0.231 e. The van der Waals surface area contributed by atoms with E-state index >= 15 is 0 Å². The molecule has 0 saturated heterocycles. The Balaban J connectivity index is 1.46. The topological polar surface area (TPSA) is 41.9 Å². The highest BCUT2D eigenvalue weighted by atomic mass is 32.1. The number of fused-ring (bicyclic) bond motifs is 2. The van der Waals surface area contributed by atoms with Gasteiger partial charge in [-0.1, -0.05) is 0 Å². The lowest BCUT2D eigenvalue weighted by molar-refractivity contribution is 0.156. The molecule has 5 rings (SSSR count). The van der Waals surface area contributed by atoms with Crippen LogP contribution >= 0.6 is 11.3 Å². The third-order valence-corrected chi connectivity index (χ3v) is 6.13. The molecular weight excluding hydrogens is 310 g/mol. The zero-order valence-electron chi connectivity index (χ0n) is 12.8. The molecule has 1 aliphatic carbocycles. The number of phenols is 1. The zero-order chi connectivity index (χ0) is 15.4. The van der Waals surface area contributed by atoms with E-state index in [4.69, 9.17) is 9.47 Å². The highest BCUT2D eigenvalue weighted by molar-refractivity contribution is 7.10. The van der Waals surface area contributed by atoms with E-state index in [-0.39, 0.29) is 6.79 Å². The Bertz CT molecular complexity index is 753. The van der Waals surface area contributed by atoms with Crippen molar-refractivity contribution in [3.05, 3.63) is 39.6 Å². The molecule has 23 heavy (non-hydrogen) atoms. The summed E-state index contributed by atoms with van der Waals surface area (Å²) in [5.41, 5.74) is 2.45. The highest BCUT2D eigenvalue weighted by Crippen LogP contribution is 2.49. The molecular formula is C18H19NO3S. The lowest BCUT2D eigenvalue weighted by atomic mass is 9.95. The van der Waals surface area contributed by atoms with Crippen molar-refractivity contribution < 1.29 is 14.6 Å². The summed E-state index contributed by atoms with van der Waals surface area (Å²) in [5, 5.41) is 12.6. The first-order valence-corrected chi connectivity index (χ1v) is 9.09. The molecule has 1 aromatic carbocycles. The van der Waals surface area contributed by atoms with Crippen molar-refractivity contribution in [3.63, 3.8) is 0 Å². The normalized spacial score (nSPS) is 23.0. The molecule has 0 amide bonds. The number of thiophene rings is 1. The summed E-state index contributed by atoms with van der Waals surface area (Å²) >= 11 is 1.89. The standard InChI is InChI=1S/C18H19NO3S/c20-14-8-16-15(21-10-22-16)7-12(14)9-19-5-3-17-13(4-6-23-17)18(19)11-1-2-11/h4,6-8,11,18,20H,1-3,5,9-10H2/t18-/m1/s1. The average Bonchev–Trinajstić information content (AvgIpc) is 3.09. The molecule has 3 heterocycles. The Hall–Kier alpha value is -1.72. The molecule has 2 aromatic rings. The van der Waals surface area contributed by atoms with Crippen LogP contribution in [0.25, 0.3) is 0 Å². The summed E-state index contributed by atoms with van der Waals surface area (Å²) in [4.78, 5) is 4.08. The number of phenolic OH excluding ortho intramolecular Hbond substituents is 1. The number of hydrogen-bond donors (Lipinski definition) is 1. The van der Waals surface area contributed by atoms with Crippen LogP contribution in [0.3, 0.4) is 0 Å². The zero-order valence-corrected chi connectivity index (χ0v) is 13.6. The van der Waals surface area contributed by atoms with Gasteiger partial charge in [-0.05, 0) is 48.3 Å². The molecule has 0 radical (unpaired) electrons. The van der Waals surface area contributed by atoms with Gasteiger partial charge >= 0.3 is 0 Å². The molecule has 1 saturated carbocycles. The Labute approximate surface area is 139 Å². The molecule has 0 spiro atoms. The molecule has 0 bridgehead atoms. The number of hydrogen-bond acceptors (Lipinski definition) is 5. The van der Waals surface area contributed by atoms with Crippen LogP contribution in [0.15, 0.2) is 23.6 Å². The molecule has 4 nitrogen and oxygen atoms in total. The van der Waals surface area contributed by atoms with Crippen molar-refractivity contribution in [1.82, 2.24) is 4.90 Å². The fraction of sp³-hybridized carbons (Fsp3) is 0.444. The van der Waals surface area contributed by atoms with Crippen molar-refractivity contribution >= 4 is 11.3 Å². The van der Waals surface area contributed by atoms with Gasteiger partial charge in [0, 0.05) is 35.6 Å². The maximum atomic E-state index is 10.3. The second-order valence-corrected chi connectivity index (χ2v) is 7.64. The van der Waals surface area contributed by atoms with E-state index in [0.29, 0.717) is 17.5 Å². The number of rotatable bonds is 3. The lowest BCUT2D eigenvalue weighted by Gasteiger charge is -2.36. The first-order valence-electron chi connectivity index (χ1n) is 8.21. The molecule has 5 heteroatoms. The SMILES string of the molecule is Oc1cc2c(cc1CN1CCc3sccc3[C@H]1C1CC1)OCO2. The monoisotopic (exact) mass is 329 g/mol. The second-order valence-electron chi connectivity index (χ2n) is 6.64. The van der Waals surface area contributed by atoms with Crippen LogP contribution in [-0.4, -0.2) is 23.3 Å². The summed E-state index contributed by atoms with van der Waals surface area (Å²) in [6.07, 6.45) is 3.76. The molecule has 1 atom stereocenters. The van der Waals surface area contributed by atoms with E-state index in [2.05, 4.69) is 16.3 Å². The summed E-state index contributed by atoms with van der Waals surface area (Å²) in [7, 11) is 0. The first kappa shape index (κ1) is 13.7. The number of benzene rings is 1. The molecule has 0 unspecified atom stereocenters. The van der Waals surface area contributed by atoms with Gasteiger partial charge in [0.15, 0.2) is 11.5 Å². The smallest absolute Gasteiger partial charge is 0.231 e. The number of aromatic hydroxyl groups is 1. The predicted molar refractivity (Wildman–Crippen MR) is 88.1 cm³/mol. The largest absolute Gasteiger partial charge is 0.507 e. The van der Waals surface area contributed by atoms with Crippen molar-refractivity contribution in [2.75, 3.05) is 13.3 Å². The first-order chi connectivity index (χ1) is 11.3. The van der Waals surface area contributed by atoms with E-state index in [1.54, 1.807) is 10.9 Å². The van der Waals surface area contributed by atoms with Crippen LogP contribution in [0.5, 0.6) is 17.2 Å². The van der Waals surface area contributed by atoms with E-state index < -0.39 is 0 Å². The van der Waals surface area contributed by atoms with Crippen LogP contribution in [0, 0.1) is 5.92 Å². The van der Waals surface area contributed by atoms with Crippen LogP contribution in [-0.2, 0) is 13.0 Å².